The van der Waals surface area contributed by atoms with Crippen LogP contribution >= 0.6 is 0 Å². The van der Waals surface area contributed by atoms with Crippen LogP contribution in [0.1, 0.15) is 33.8 Å². The van der Waals surface area contributed by atoms with Crippen molar-refractivity contribution >= 4 is 5.91 Å². The van der Waals surface area contributed by atoms with Gasteiger partial charge in [0.15, 0.2) is 11.5 Å². The van der Waals surface area contributed by atoms with Gasteiger partial charge in [0.05, 0.1) is 7.11 Å². The SMILES string of the molecule is COc1ccc2c(c1)CCC(NC(=O)c1cc(-c3ccc(C)o3)[nH]n1)C2. The highest BCUT2D eigenvalue weighted by molar-refractivity contribution is 5.93. The lowest BCUT2D eigenvalue weighted by Crippen LogP contribution is -2.39. The van der Waals surface area contributed by atoms with Crippen LogP contribution < -0.4 is 10.1 Å². The number of furan rings is 1. The number of hydrogen-bond acceptors (Lipinski definition) is 4. The molecule has 1 aliphatic rings. The number of ether oxygens (including phenoxy) is 1. The van der Waals surface area contributed by atoms with Gasteiger partial charge in [-0.15, -0.1) is 0 Å². The highest BCUT2D eigenvalue weighted by atomic mass is 16.5. The summed E-state index contributed by atoms with van der Waals surface area (Å²) in [7, 11) is 1.68. The number of fused-ring (bicyclic) bond motifs is 1. The summed E-state index contributed by atoms with van der Waals surface area (Å²) in [5, 5.41) is 10.1. The Balaban J connectivity index is 1.43. The lowest BCUT2D eigenvalue weighted by Gasteiger charge is -2.25. The van der Waals surface area contributed by atoms with Crippen LogP contribution in [0.15, 0.2) is 40.8 Å². The summed E-state index contributed by atoms with van der Waals surface area (Å²) in [6.45, 7) is 1.88. The molecule has 1 aliphatic carbocycles. The molecule has 1 aromatic carbocycles. The Bertz CT molecular complexity index is 941. The molecule has 26 heavy (non-hydrogen) atoms. The van der Waals surface area contributed by atoms with Crippen LogP contribution in [0.5, 0.6) is 5.75 Å². The first kappa shape index (κ1) is 16.4. The van der Waals surface area contributed by atoms with E-state index < -0.39 is 0 Å². The zero-order chi connectivity index (χ0) is 18.1. The zero-order valence-corrected chi connectivity index (χ0v) is 14.8. The van der Waals surface area contributed by atoms with Gasteiger partial charge in [0.25, 0.3) is 5.91 Å². The van der Waals surface area contributed by atoms with Crippen molar-refractivity contribution in [1.82, 2.24) is 15.5 Å². The first-order chi connectivity index (χ1) is 12.6. The van der Waals surface area contributed by atoms with Crippen molar-refractivity contribution in [3.8, 4) is 17.2 Å². The predicted octanol–water partition coefficient (Wildman–Crippen LogP) is 3.27. The van der Waals surface area contributed by atoms with Gasteiger partial charge in [-0.25, -0.2) is 0 Å². The maximum absolute atomic E-state index is 12.5. The maximum Gasteiger partial charge on any atom is 0.272 e. The summed E-state index contributed by atoms with van der Waals surface area (Å²) >= 11 is 0. The van der Waals surface area contributed by atoms with Gasteiger partial charge in [0, 0.05) is 12.1 Å². The molecule has 0 bridgehead atoms. The average Bonchev–Trinajstić information content (AvgIpc) is 3.30. The number of hydrogen-bond donors (Lipinski definition) is 2. The molecule has 0 aliphatic heterocycles. The second-order valence-electron chi connectivity index (χ2n) is 6.62. The molecule has 1 amide bonds. The minimum Gasteiger partial charge on any atom is -0.497 e. The van der Waals surface area contributed by atoms with Gasteiger partial charge >= 0.3 is 0 Å². The molecule has 0 radical (unpaired) electrons. The maximum atomic E-state index is 12.5. The van der Waals surface area contributed by atoms with Crippen molar-refractivity contribution in [3.63, 3.8) is 0 Å². The number of aromatic nitrogens is 2. The fourth-order valence-electron chi connectivity index (χ4n) is 3.38. The molecule has 2 N–H and O–H groups in total. The van der Waals surface area contributed by atoms with E-state index in [1.165, 1.54) is 11.1 Å². The van der Waals surface area contributed by atoms with Crippen LogP contribution in [-0.4, -0.2) is 29.3 Å². The Kier molecular flexibility index (Phi) is 4.24. The number of nitrogens with zero attached hydrogens (tertiary/aromatic N) is 1. The topological polar surface area (TPSA) is 80.1 Å². The van der Waals surface area contributed by atoms with E-state index in [2.05, 4.69) is 27.6 Å². The number of benzene rings is 1. The van der Waals surface area contributed by atoms with E-state index in [1.807, 2.05) is 25.1 Å². The molecule has 134 valence electrons. The van der Waals surface area contributed by atoms with Crippen LogP contribution in [0.3, 0.4) is 0 Å². The van der Waals surface area contributed by atoms with E-state index >= 15 is 0 Å². The van der Waals surface area contributed by atoms with E-state index in [4.69, 9.17) is 9.15 Å². The molecule has 6 nitrogen and oxygen atoms in total. The van der Waals surface area contributed by atoms with Gasteiger partial charge < -0.3 is 14.5 Å². The molecule has 0 saturated carbocycles. The highest BCUT2D eigenvalue weighted by Crippen LogP contribution is 2.26. The fraction of sp³-hybridized carbons (Fsp3) is 0.300. The van der Waals surface area contributed by atoms with Gasteiger partial charge in [-0.3, -0.25) is 9.89 Å². The minimum atomic E-state index is -0.169. The van der Waals surface area contributed by atoms with Gasteiger partial charge in [0.2, 0.25) is 0 Å². The number of carbonyl (C=O) groups excluding carboxylic acids is 1. The number of aromatic amines is 1. The summed E-state index contributed by atoms with van der Waals surface area (Å²) < 4.78 is 10.8. The molecule has 0 fully saturated rings. The molecule has 2 aromatic heterocycles. The van der Waals surface area contributed by atoms with E-state index in [1.54, 1.807) is 13.2 Å². The summed E-state index contributed by atoms with van der Waals surface area (Å²) in [4.78, 5) is 12.5. The van der Waals surface area contributed by atoms with Crippen molar-refractivity contribution in [3.05, 3.63) is 59.0 Å². The lowest BCUT2D eigenvalue weighted by atomic mass is 9.88. The molecular weight excluding hydrogens is 330 g/mol. The van der Waals surface area contributed by atoms with E-state index in [0.717, 1.165) is 30.8 Å². The van der Waals surface area contributed by atoms with E-state index in [9.17, 15) is 4.79 Å². The highest BCUT2D eigenvalue weighted by Gasteiger charge is 2.22. The number of methoxy groups -OCH3 is 1. The van der Waals surface area contributed by atoms with Crippen molar-refractivity contribution < 1.29 is 13.9 Å². The molecule has 0 saturated heterocycles. The monoisotopic (exact) mass is 351 g/mol. The Morgan fingerprint density at radius 1 is 1.27 bits per heavy atom. The van der Waals surface area contributed by atoms with Crippen LogP contribution in [0, 0.1) is 6.92 Å². The summed E-state index contributed by atoms with van der Waals surface area (Å²) in [6.07, 6.45) is 2.65. The van der Waals surface area contributed by atoms with Crippen molar-refractivity contribution in [1.29, 1.82) is 0 Å². The summed E-state index contributed by atoms with van der Waals surface area (Å²) in [5.74, 6) is 2.20. The Morgan fingerprint density at radius 3 is 2.92 bits per heavy atom. The van der Waals surface area contributed by atoms with Gasteiger partial charge in [-0.2, -0.15) is 5.10 Å². The Labute approximate surface area is 151 Å². The van der Waals surface area contributed by atoms with Gasteiger partial charge in [-0.1, -0.05) is 6.07 Å². The van der Waals surface area contributed by atoms with Crippen LogP contribution in [0.2, 0.25) is 0 Å². The Morgan fingerprint density at radius 2 is 2.15 bits per heavy atom. The number of carbonyl (C=O) groups is 1. The zero-order valence-electron chi connectivity index (χ0n) is 14.8. The van der Waals surface area contributed by atoms with Crippen molar-refractivity contribution in [2.45, 2.75) is 32.2 Å². The van der Waals surface area contributed by atoms with E-state index in [0.29, 0.717) is 17.1 Å². The summed E-state index contributed by atoms with van der Waals surface area (Å²) in [5.41, 5.74) is 3.63. The number of nitrogens with one attached hydrogen (secondary N) is 2. The Hall–Kier alpha value is -3.02. The van der Waals surface area contributed by atoms with Crippen molar-refractivity contribution in [2.75, 3.05) is 7.11 Å². The molecule has 2 heterocycles. The molecule has 1 unspecified atom stereocenters. The van der Waals surface area contributed by atoms with Crippen LogP contribution in [0.25, 0.3) is 11.5 Å². The molecule has 0 spiro atoms. The molecule has 1 atom stereocenters. The molecule has 3 aromatic rings. The third-order valence-corrected chi connectivity index (χ3v) is 4.79. The average molecular weight is 351 g/mol. The largest absolute Gasteiger partial charge is 0.497 e. The van der Waals surface area contributed by atoms with Crippen molar-refractivity contribution in [2.24, 2.45) is 0 Å². The fourth-order valence-corrected chi connectivity index (χ4v) is 3.38. The first-order valence-corrected chi connectivity index (χ1v) is 8.71. The second-order valence-corrected chi connectivity index (χ2v) is 6.62. The number of H-pyrrole nitrogens is 1. The molecule has 6 heteroatoms. The van der Waals surface area contributed by atoms with Gasteiger partial charge in [-0.05, 0) is 61.6 Å². The molecular formula is C20H21N3O3. The van der Waals surface area contributed by atoms with Crippen LogP contribution in [-0.2, 0) is 12.8 Å². The number of amides is 1. The first-order valence-electron chi connectivity index (χ1n) is 8.71. The van der Waals surface area contributed by atoms with Gasteiger partial charge in [0.1, 0.15) is 17.2 Å². The minimum absolute atomic E-state index is 0.106. The van der Waals surface area contributed by atoms with E-state index in [-0.39, 0.29) is 11.9 Å². The molecule has 4 rings (SSSR count). The number of rotatable bonds is 4. The third-order valence-electron chi connectivity index (χ3n) is 4.79. The smallest absolute Gasteiger partial charge is 0.272 e. The summed E-state index contributed by atoms with van der Waals surface area (Å²) in [6, 6.07) is 11.7. The number of aryl methyl sites for hydroxylation is 2. The third kappa shape index (κ3) is 3.22. The second kappa shape index (κ2) is 6.71. The normalized spacial score (nSPS) is 16.2. The predicted molar refractivity (Wildman–Crippen MR) is 97.3 cm³/mol. The quantitative estimate of drug-likeness (QED) is 0.756. The lowest BCUT2D eigenvalue weighted by molar-refractivity contribution is 0.0928. The van der Waals surface area contributed by atoms with Crippen LogP contribution in [0.4, 0.5) is 0 Å². The standard InChI is InChI=1S/C20H21N3O3/c1-12-3-8-19(26-12)17-11-18(23-22-17)20(24)21-15-6-4-14-10-16(25-2)7-5-13(14)9-15/h3,5,7-8,10-11,15H,4,6,9H2,1-2H3,(H,21,24)(H,22,23).